The van der Waals surface area contributed by atoms with E-state index in [0.29, 0.717) is 18.9 Å². The van der Waals surface area contributed by atoms with Gasteiger partial charge in [-0.15, -0.1) is 0 Å². The van der Waals surface area contributed by atoms with Gasteiger partial charge in [0.25, 0.3) is 0 Å². The predicted octanol–water partition coefficient (Wildman–Crippen LogP) is 2.03. The molecule has 0 aliphatic carbocycles. The van der Waals surface area contributed by atoms with Gasteiger partial charge in [-0.3, -0.25) is 9.59 Å². The fourth-order valence-corrected chi connectivity index (χ4v) is 3.25. The molecule has 1 heterocycles. The van der Waals surface area contributed by atoms with Crippen LogP contribution < -0.4 is 10.6 Å². The molecule has 0 bridgehead atoms. The van der Waals surface area contributed by atoms with E-state index in [9.17, 15) is 9.59 Å². The van der Waals surface area contributed by atoms with E-state index in [1.165, 1.54) is 5.56 Å². The van der Waals surface area contributed by atoms with E-state index < -0.39 is 0 Å². The van der Waals surface area contributed by atoms with Crippen LogP contribution in [-0.4, -0.2) is 48.9 Å². The molecule has 0 radical (unpaired) electrons. The SMILES string of the molecule is CCCN(C(=O)CNC(=O)CCc1ccc(C)cc1)C1CCNCC1. The lowest BCUT2D eigenvalue weighted by Gasteiger charge is -2.34. The lowest BCUT2D eigenvalue weighted by molar-refractivity contribution is -0.135. The van der Waals surface area contributed by atoms with Crippen LogP contribution in [-0.2, 0) is 16.0 Å². The van der Waals surface area contributed by atoms with Gasteiger partial charge in [-0.25, -0.2) is 0 Å². The number of nitrogens with one attached hydrogen (secondary N) is 2. The van der Waals surface area contributed by atoms with E-state index in [1.54, 1.807) is 0 Å². The molecule has 1 aliphatic rings. The number of benzene rings is 1. The summed E-state index contributed by atoms with van der Waals surface area (Å²) in [6.07, 6.45) is 4.04. The molecule has 5 heteroatoms. The highest BCUT2D eigenvalue weighted by Gasteiger charge is 2.24. The Hall–Kier alpha value is -1.88. The first-order valence-corrected chi connectivity index (χ1v) is 9.42. The number of hydrogen-bond donors (Lipinski definition) is 2. The van der Waals surface area contributed by atoms with Crippen molar-refractivity contribution in [2.75, 3.05) is 26.2 Å². The van der Waals surface area contributed by atoms with Crippen molar-refractivity contribution >= 4 is 11.8 Å². The Morgan fingerprint density at radius 3 is 2.52 bits per heavy atom. The largest absolute Gasteiger partial charge is 0.347 e. The van der Waals surface area contributed by atoms with Gasteiger partial charge >= 0.3 is 0 Å². The third-order valence-electron chi connectivity index (χ3n) is 4.73. The van der Waals surface area contributed by atoms with Crippen LogP contribution in [0, 0.1) is 6.92 Å². The molecule has 2 N–H and O–H groups in total. The van der Waals surface area contributed by atoms with E-state index in [1.807, 2.05) is 24.0 Å². The van der Waals surface area contributed by atoms with Gasteiger partial charge in [0.15, 0.2) is 0 Å². The number of carbonyl (C=O) groups excluding carboxylic acids is 2. The van der Waals surface area contributed by atoms with Crippen LogP contribution in [0.15, 0.2) is 24.3 Å². The number of aryl methyl sites for hydroxylation is 2. The van der Waals surface area contributed by atoms with Gasteiger partial charge in [0.05, 0.1) is 6.54 Å². The second-order valence-corrected chi connectivity index (χ2v) is 6.83. The van der Waals surface area contributed by atoms with Gasteiger partial charge in [-0.05, 0) is 51.3 Å². The van der Waals surface area contributed by atoms with Crippen molar-refractivity contribution in [1.29, 1.82) is 0 Å². The Balaban J connectivity index is 1.76. The number of amides is 2. The zero-order valence-electron chi connectivity index (χ0n) is 15.5. The summed E-state index contributed by atoms with van der Waals surface area (Å²) in [4.78, 5) is 26.6. The van der Waals surface area contributed by atoms with Crippen LogP contribution in [0.5, 0.6) is 0 Å². The molecule has 1 aromatic carbocycles. The Bertz CT molecular complexity index is 551. The Morgan fingerprint density at radius 1 is 1.20 bits per heavy atom. The summed E-state index contributed by atoms with van der Waals surface area (Å²) in [6, 6.07) is 8.51. The molecule has 138 valence electrons. The zero-order valence-corrected chi connectivity index (χ0v) is 15.5. The molecular weight excluding hydrogens is 314 g/mol. The molecule has 25 heavy (non-hydrogen) atoms. The summed E-state index contributed by atoms with van der Waals surface area (Å²) in [6.45, 7) is 6.93. The second-order valence-electron chi connectivity index (χ2n) is 6.83. The third kappa shape index (κ3) is 6.50. The monoisotopic (exact) mass is 345 g/mol. The smallest absolute Gasteiger partial charge is 0.242 e. The van der Waals surface area contributed by atoms with Gasteiger partial charge in [-0.1, -0.05) is 36.8 Å². The van der Waals surface area contributed by atoms with Gasteiger partial charge in [-0.2, -0.15) is 0 Å². The molecule has 0 aromatic heterocycles. The van der Waals surface area contributed by atoms with Gasteiger partial charge < -0.3 is 15.5 Å². The van der Waals surface area contributed by atoms with Crippen molar-refractivity contribution in [2.24, 2.45) is 0 Å². The predicted molar refractivity (Wildman–Crippen MR) is 100 cm³/mol. The summed E-state index contributed by atoms with van der Waals surface area (Å²) in [5.74, 6) is -0.0203. The van der Waals surface area contributed by atoms with Crippen LogP contribution >= 0.6 is 0 Å². The summed E-state index contributed by atoms with van der Waals surface area (Å²) in [7, 11) is 0. The molecule has 5 nitrogen and oxygen atoms in total. The van der Waals surface area contributed by atoms with Crippen LogP contribution in [0.4, 0.5) is 0 Å². The number of piperidine rings is 1. The van der Waals surface area contributed by atoms with Gasteiger partial charge in [0.1, 0.15) is 0 Å². The standard InChI is InChI=1S/C20H31N3O2/c1-3-14-23(18-10-12-21-13-11-18)20(25)15-22-19(24)9-8-17-6-4-16(2)5-7-17/h4-7,18,21H,3,8-15H2,1-2H3,(H,22,24). The highest BCUT2D eigenvalue weighted by atomic mass is 16.2. The average Bonchev–Trinajstić information content (AvgIpc) is 2.64. The molecule has 0 atom stereocenters. The van der Waals surface area contributed by atoms with Gasteiger partial charge in [0.2, 0.25) is 11.8 Å². The van der Waals surface area contributed by atoms with E-state index >= 15 is 0 Å². The van der Waals surface area contributed by atoms with Gasteiger partial charge in [0, 0.05) is 19.0 Å². The van der Waals surface area contributed by atoms with E-state index in [-0.39, 0.29) is 18.4 Å². The molecule has 0 unspecified atom stereocenters. The van der Waals surface area contributed by atoms with E-state index in [2.05, 4.69) is 29.7 Å². The normalized spacial score (nSPS) is 15.0. The van der Waals surface area contributed by atoms with Crippen molar-refractivity contribution in [1.82, 2.24) is 15.5 Å². The molecule has 1 aromatic rings. The fourth-order valence-electron chi connectivity index (χ4n) is 3.25. The summed E-state index contributed by atoms with van der Waals surface area (Å²) in [5, 5.41) is 6.13. The van der Waals surface area contributed by atoms with Crippen molar-refractivity contribution in [2.45, 2.75) is 52.0 Å². The first kappa shape index (κ1) is 19.4. The van der Waals surface area contributed by atoms with Crippen LogP contribution in [0.2, 0.25) is 0 Å². The molecule has 1 aliphatic heterocycles. The highest BCUT2D eigenvalue weighted by molar-refractivity contribution is 5.85. The number of carbonyl (C=O) groups is 2. The van der Waals surface area contributed by atoms with E-state index in [4.69, 9.17) is 0 Å². The number of hydrogen-bond acceptors (Lipinski definition) is 3. The fraction of sp³-hybridized carbons (Fsp3) is 0.600. The molecule has 1 saturated heterocycles. The van der Waals surface area contributed by atoms with Crippen molar-refractivity contribution in [3.63, 3.8) is 0 Å². The highest BCUT2D eigenvalue weighted by Crippen LogP contribution is 2.12. The van der Waals surface area contributed by atoms with Crippen LogP contribution in [0.1, 0.15) is 43.7 Å². The second kappa shape index (κ2) is 10.2. The first-order chi connectivity index (χ1) is 12.1. The number of nitrogens with zero attached hydrogens (tertiary/aromatic N) is 1. The summed E-state index contributed by atoms with van der Waals surface area (Å²) in [5.41, 5.74) is 2.36. The zero-order chi connectivity index (χ0) is 18.1. The molecule has 2 rings (SSSR count). The maximum atomic E-state index is 12.5. The lowest BCUT2D eigenvalue weighted by atomic mass is 10.0. The number of rotatable bonds is 8. The minimum atomic E-state index is -0.0596. The summed E-state index contributed by atoms with van der Waals surface area (Å²) < 4.78 is 0. The minimum absolute atomic E-state index is 0.0393. The lowest BCUT2D eigenvalue weighted by Crippen LogP contribution is -2.49. The maximum absolute atomic E-state index is 12.5. The van der Waals surface area contributed by atoms with Crippen molar-refractivity contribution in [3.8, 4) is 0 Å². The topological polar surface area (TPSA) is 61.4 Å². The molecule has 0 saturated carbocycles. The maximum Gasteiger partial charge on any atom is 0.242 e. The van der Waals surface area contributed by atoms with Crippen molar-refractivity contribution in [3.05, 3.63) is 35.4 Å². The Kier molecular flexibility index (Phi) is 7.92. The summed E-state index contributed by atoms with van der Waals surface area (Å²) >= 11 is 0. The van der Waals surface area contributed by atoms with Crippen LogP contribution in [0.25, 0.3) is 0 Å². The Morgan fingerprint density at radius 2 is 1.88 bits per heavy atom. The van der Waals surface area contributed by atoms with Crippen molar-refractivity contribution < 1.29 is 9.59 Å². The minimum Gasteiger partial charge on any atom is -0.347 e. The molecule has 1 fully saturated rings. The molecular formula is C20H31N3O2. The third-order valence-corrected chi connectivity index (χ3v) is 4.73. The van der Waals surface area contributed by atoms with E-state index in [0.717, 1.165) is 44.5 Å². The average molecular weight is 345 g/mol. The quantitative estimate of drug-likeness (QED) is 0.758. The van der Waals surface area contributed by atoms with Crippen LogP contribution in [0.3, 0.4) is 0 Å². The molecule has 2 amide bonds. The first-order valence-electron chi connectivity index (χ1n) is 9.42. The molecule has 0 spiro atoms. The Labute approximate surface area is 151 Å².